The van der Waals surface area contributed by atoms with Gasteiger partial charge < -0.3 is 9.80 Å². The van der Waals surface area contributed by atoms with E-state index in [1.807, 2.05) is 6.92 Å². The van der Waals surface area contributed by atoms with Crippen LogP contribution in [0.25, 0.3) is 0 Å². The molecule has 0 rings (SSSR count). The van der Waals surface area contributed by atoms with Gasteiger partial charge in [-0.3, -0.25) is 5.32 Å². The summed E-state index contributed by atoms with van der Waals surface area (Å²) < 4.78 is 0. The van der Waals surface area contributed by atoms with Gasteiger partial charge in [0.1, 0.15) is 5.54 Å². The number of nitriles is 1. The Balaban J connectivity index is 3.74. The maximum absolute atomic E-state index is 9.24. The summed E-state index contributed by atoms with van der Waals surface area (Å²) in [6.45, 7) is 8.39. The van der Waals surface area contributed by atoms with Crippen LogP contribution >= 0.6 is 0 Å². The third-order valence-corrected chi connectivity index (χ3v) is 3.41. The highest BCUT2D eigenvalue weighted by molar-refractivity contribution is 5.03. The van der Waals surface area contributed by atoms with Gasteiger partial charge in [-0.2, -0.15) is 5.26 Å². The fourth-order valence-corrected chi connectivity index (χ4v) is 1.93. The number of unbranched alkanes of at least 4 members (excludes halogenated alkanes) is 1. The van der Waals surface area contributed by atoms with Gasteiger partial charge in [0.25, 0.3) is 0 Å². The van der Waals surface area contributed by atoms with Crippen molar-refractivity contribution in [1.82, 2.24) is 15.1 Å². The Kier molecular flexibility index (Phi) is 9.85. The third-order valence-electron chi connectivity index (χ3n) is 3.41. The minimum Gasteiger partial charge on any atom is -0.308 e. The molecule has 0 spiro atoms. The Hall–Kier alpha value is -0.630. The Labute approximate surface area is 119 Å². The van der Waals surface area contributed by atoms with Crippen LogP contribution in [0.4, 0.5) is 0 Å². The molecule has 0 aromatic rings. The molecule has 0 aromatic carbocycles. The molecule has 1 atom stereocenters. The van der Waals surface area contributed by atoms with E-state index in [2.05, 4.69) is 49.3 Å². The molecule has 4 heteroatoms. The highest BCUT2D eigenvalue weighted by atomic mass is 15.1. The number of rotatable bonds is 11. The van der Waals surface area contributed by atoms with E-state index in [-0.39, 0.29) is 5.54 Å². The molecular formula is C15H32N4. The van der Waals surface area contributed by atoms with Crippen molar-refractivity contribution in [2.24, 2.45) is 0 Å². The maximum atomic E-state index is 9.24. The van der Waals surface area contributed by atoms with Crippen molar-refractivity contribution >= 4 is 0 Å². The SMILES string of the molecule is CCCNC(C)(C#N)CCCCN(C)CCN(C)C. The molecule has 0 heterocycles. The second-order valence-corrected chi connectivity index (χ2v) is 5.93. The molecule has 0 aromatic heterocycles. The zero-order valence-corrected chi connectivity index (χ0v) is 13.5. The van der Waals surface area contributed by atoms with E-state index >= 15 is 0 Å². The van der Waals surface area contributed by atoms with E-state index in [1.165, 1.54) is 0 Å². The average Bonchev–Trinajstić information content (AvgIpc) is 2.39. The monoisotopic (exact) mass is 268 g/mol. The summed E-state index contributed by atoms with van der Waals surface area (Å²) in [5.41, 5.74) is -0.349. The Morgan fingerprint density at radius 3 is 2.32 bits per heavy atom. The Morgan fingerprint density at radius 1 is 1.11 bits per heavy atom. The summed E-state index contributed by atoms with van der Waals surface area (Å²) >= 11 is 0. The number of nitrogens with one attached hydrogen (secondary N) is 1. The minimum absolute atomic E-state index is 0.349. The van der Waals surface area contributed by atoms with Gasteiger partial charge in [0.05, 0.1) is 6.07 Å². The first-order chi connectivity index (χ1) is 8.93. The minimum atomic E-state index is -0.349. The number of likely N-dealkylation sites (N-methyl/N-ethyl adjacent to an activating group) is 2. The van der Waals surface area contributed by atoms with Crippen LogP contribution in [0.3, 0.4) is 0 Å². The van der Waals surface area contributed by atoms with E-state index < -0.39 is 0 Å². The van der Waals surface area contributed by atoms with Crippen molar-refractivity contribution in [3.63, 3.8) is 0 Å². The van der Waals surface area contributed by atoms with Gasteiger partial charge in [-0.15, -0.1) is 0 Å². The van der Waals surface area contributed by atoms with Crippen LogP contribution in [0.1, 0.15) is 39.5 Å². The van der Waals surface area contributed by atoms with Gasteiger partial charge in [-0.05, 0) is 66.8 Å². The molecule has 1 N–H and O–H groups in total. The lowest BCUT2D eigenvalue weighted by atomic mass is 9.96. The van der Waals surface area contributed by atoms with Crippen LogP contribution in [0.2, 0.25) is 0 Å². The molecule has 4 nitrogen and oxygen atoms in total. The first kappa shape index (κ1) is 18.4. The summed E-state index contributed by atoms with van der Waals surface area (Å²) in [5, 5.41) is 12.6. The van der Waals surface area contributed by atoms with E-state index in [1.54, 1.807) is 0 Å². The number of nitrogens with zero attached hydrogens (tertiary/aromatic N) is 3. The van der Waals surface area contributed by atoms with E-state index in [0.29, 0.717) is 0 Å². The van der Waals surface area contributed by atoms with Crippen molar-refractivity contribution < 1.29 is 0 Å². The topological polar surface area (TPSA) is 42.3 Å². The summed E-state index contributed by atoms with van der Waals surface area (Å²) in [6.07, 6.45) is 4.28. The molecule has 0 aliphatic rings. The van der Waals surface area contributed by atoms with Crippen LogP contribution in [0, 0.1) is 11.3 Å². The predicted octanol–water partition coefficient (Wildman–Crippen LogP) is 1.93. The summed E-state index contributed by atoms with van der Waals surface area (Å²) in [7, 11) is 6.37. The van der Waals surface area contributed by atoms with Crippen LogP contribution in [0.15, 0.2) is 0 Å². The van der Waals surface area contributed by atoms with Crippen molar-refractivity contribution in [3.05, 3.63) is 0 Å². The average molecular weight is 268 g/mol. The lowest BCUT2D eigenvalue weighted by molar-refractivity contribution is 0.273. The predicted molar refractivity (Wildman–Crippen MR) is 82.2 cm³/mol. The van der Waals surface area contributed by atoms with Gasteiger partial charge in [0.15, 0.2) is 0 Å². The lowest BCUT2D eigenvalue weighted by Gasteiger charge is -2.24. The summed E-state index contributed by atoms with van der Waals surface area (Å²) in [5.74, 6) is 0. The molecule has 19 heavy (non-hydrogen) atoms. The number of hydrogen-bond acceptors (Lipinski definition) is 4. The smallest absolute Gasteiger partial charge is 0.103 e. The van der Waals surface area contributed by atoms with Gasteiger partial charge in [0.2, 0.25) is 0 Å². The van der Waals surface area contributed by atoms with Crippen LogP contribution in [-0.4, -0.2) is 62.7 Å². The molecule has 1 unspecified atom stereocenters. The highest BCUT2D eigenvalue weighted by Gasteiger charge is 2.21. The van der Waals surface area contributed by atoms with Gasteiger partial charge >= 0.3 is 0 Å². The molecule has 0 amide bonds. The zero-order chi connectivity index (χ0) is 14.7. The molecular weight excluding hydrogens is 236 g/mol. The van der Waals surface area contributed by atoms with Gasteiger partial charge in [-0.25, -0.2) is 0 Å². The zero-order valence-electron chi connectivity index (χ0n) is 13.5. The van der Waals surface area contributed by atoms with Gasteiger partial charge in [0, 0.05) is 13.1 Å². The van der Waals surface area contributed by atoms with E-state index in [4.69, 9.17) is 0 Å². The Morgan fingerprint density at radius 2 is 1.79 bits per heavy atom. The normalized spacial score (nSPS) is 14.6. The van der Waals surface area contributed by atoms with Crippen molar-refractivity contribution in [2.45, 2.75) is 45.1 Å². The molecule has 0 fully saturated rings. The molecule has 0 aliphatic heterocycles. The molecule has 0 radical (unpaired) electrons. The van der Waals surface area contributed by atoms with Crippen LogP contribution in [-0.2, 0) is 0 Å². The maximum Gasteiger partial charge on any atom is 0.103 e. The van der Waals surface area contributed by atoms with E-state index in [9.17, 15) is 5.26 Å². The second-order valence-electron chi connectivity index (χ2n) is 5.93. The van der Waals surface area contributed by atoms with Crippen LogP contribution < -0.4 is 5.32 Å². The summed E-state index contributed by atoms with van der Waals surface area (Å²) in [4.78, 5) is 4.57. The fraction of sp³-hybridized carbons (Fsp3) is 0.933. The van der Waals surface area contributed by atoms with Crippen molar-refractivity contribution in [1.29, 1.82) is 5.26 Å². The third kappa shape index (κ3) is 9.89. The molecule has 112 valence electrons. The van der Waals surface area contributed by atoms with Crippen molar-refractivity contribution in [3.8, 4) is 6.07 Å². The highest BCUT2D eigenvalue weighted by Crippen LogP contribution is 2.13. The number of hydrogen-bond donors (Lipinski definition) is 1. The fourth-order valence-electron chi connectivity index (χ4n) is 1.93. The first-order valence-corrected chi connectivity index (χ1v) is 7.43. The summed E-state index contributed by atoms with van der Waals surface area (Å²) in [6, 6.07) is 2.41. The molecule has 0 aliphatic carbocycles. The first-order valence-electron chi connectivity index (χ1n) is 7.43. The van der Waals surface area contributed by atoms with E-state index in [0.717, 1.165) is 51.9 Å². The Bertz CT molecular complexity index is 259. The lowest BCUT2D eigenvalue weighted by Crippen LogP contribution is -2.41. The molecule has 0 saturated carbocycles. The molecule has 0 saturated heterocycles. The van der Waals surface area contributed by atoms with Crippen LogP contribution in [0.5, 0.6) is 0 Å². The second kappa shape index (κ2) is 10.2. The van der Waals surface area contributed by atoms with Crippen molar-refractivity contribution in [2.75, 3.05) is 47.3 Å². The largest absolute Gasteiger partial charge is 0.308 e. The molecule has 0 bridgehead atoms. The standard InChI is InChI=1S/C15H32N4/c1-6-10-17-15(2,14-16)9-7-8-11-19(5)13-12-18(3)4/h17H,6-13H2,1-5H3. The quantitative estimate of drug-likeness (QED) is 0.582. The van der Waals surface area contributed by atoms with Gasteiger partial charge in [-0.1, -0.05) is 6.92 Å².